The highest BCUT2D eigenvalue weighted by molar-refractivity contribution is 5.92. The number of hydrogen-bond acceptors (Lipinski definition) is 1. The molecule has 2 rings (SSSR count). The van der Waals surface area contributed by atoms with Gasteiger partial charge in [-0.2, -0.15) is 0 Å². The summed E-state index contributed by atoms with van der Waals surface area (Å²) in [6.45, 7) is 2.05. The molecule has 0 aromatic heterocycles. The molecule has 0 aliphatic heterocycles. The Hall–Kier alpha value is -1.57. The molecule has 0 atom stereocenters. The molecule has 90 valence electrons. The van der Waals surface area contributed by atoms with E-state index in [9.17, 15) is 4.79 Å². The fourth-order valence-corrected chi connectivity index (χ4v) is 2.26. The van der Waals surface area contributed by atoms with Gasteiger partial charge in [0.2, 0.25) is 5.91 Å². The zero-order valence-corrected chi connectivity index (χ0v) is 10.3. The van der Waals surface area contributed by atoms with Crippen LogP contribution in [0.2, 0.25) is 0 Å². The van der Waals surface area contributed by atoms with Gasteiger partial charge in [0.25, 0.3) is 0 Å². The zero-order valence-electron chi connectivity index (χ0n) is 10.3. The Kier molecular flexibility index (Phi) is 3.97. The molecule has 0 heterocycles. The quantitative estimate of drug-likeness (QED) is 0.793. The Morgan fingerprint density at radius 1 is 1.29 bits per heavy atom. The Bertz CT molecular complexity index is 417. The van der Waals surface area contributed by atoms with E-state index in [0.717, 1.165) is 18.4 Å². The first-order chi connectivity index (χ1) is 8.25. The summed E-state index contributed by atoms with van der Waals surface area (Å²) < 4.78 is 0. The van der Waals surface area contributed by atoms with Crippen LogP contribution in [0.15, 0.2) is 30.3 Å². The third-order valence-corrected chi connectivity index (χ3v) is 3.30. The molecule has 1 N–H and O–H groups in total. The van der Waals surface area contributed by atoms with E-state index in [-0.39, 0.29) is 5.91 Å². The summed E-state index contributed by atoms with van der Waals surface area (Å²) in [5.74, 6) is 0.0279. The number of rotatable bonds is 3. The van der Waals surface area contributed by atoms with Gasteiger partial charge in [-0.1, -0.05) is 37.1 Å². The molecule has 17 heavy (non-hydrogen) atoms. The highest BCUT2D eigenvalue weighted by Crippen LogP contribution is 2.17. The van der Waals surface area contributed by atoms with E-state index in [1.54, 1.807) is 6.08 Å². The van der Waals surface area contributed by atoms with Crippen molar-refractivity contribution in [2.24, 2.45) is 0 Å². The first-order valence-electron chi connectivity index (χ1n) is 6.30. The molecule has 0 unspecified atom stereocenters. The molecule has 0 saturated heterocycles. The maximum Gasteiger partial charge on any atom is 0.244 e. The molecule has 2 nitrogen and oxygen atoms in total. The van der Waals surface area contributed by atoms with Crippen molar-refractivity contribution in [2.75, 3.05) is 0 Å². The lowest BCUT2D eigenvalue weighted by atomic mass is 10.1. The smallest absolute Gasteiger partial charge is 0.244 e. The molecule has 1 fully saturated rings. The topological polar surface area (TPSA) is 29.1 Å². The van der Waals surface area contributed by atoms with Gasteiger partial charge in [0.15, 0.2) is 0 Å². The number of carbonyl (C=O) groups is 1. The van der Waals surface area contributed by atoms with Gasteiger partial charge in [0.1, 0.15) is 0 Å². The van der Waals surface area contributed by atoms with Gasteiger partial charge >= 0.3 is 0 Å². The van der Waals surface area contributed by atoms with Gasteiger partial charge in [-0.25, -0.2) is 0 Å². The fourth-order valence-electron chi connectivity index (χ4n) is 2.26. The minimum atomic E-state index is 0.0279. The third-order valence-electron chi connectivity index (χ3n) is 3.30. The maximum absolute atomic E-state index is 11.7. The van der Waals surface area contributed by atoms with Crippen LogP contribution in [-0.2, 0) is 4.79 Å². The van der Waals surface area contributed by atoms with Crippen LogP contribution >= 0.6 is 0 Å². The Labute approximate surface area is 103 Å². The molecule has 1 aromatic carbocycles. The molecule has 1 aliphatic rings. The lowest BCUT2D eigenvalue weighted by Gasteiger charge is -2.09. The summed E-state index contributed by atoms with van der Waals surface area (Å²) in [6, 6.07) is 8.46. The first-order valence-corrected chi connectivity index (χ1v) is 6.30. The summed E-state index contributed by atoms with van der Waals surface area (Å²) in [5.41, 5.74) is 2.30. The Balaban J connectivity index is 1.91. The second-order valence-electron chi connectivity index (χ2n) is 4.68. The van der Waals surface area contributed by atoms with E-state index in [1.807, 2.05) is 24.3 Å². The van der Waals surface area contributed by atoms with Gasteiger partial charge in [-0.15, -0.1) is 0 Å². The van der Waals surface area contributed by atoms with Crippen molar-refractivity contribution in [3.8, 4) is 0 Å². The molecule has 1 aromatic rings. The molecule has 0 bridgehead atoms. The SMILES string of the molecule is Cc1ccccc1/C=C/C(=O)NC1CCCC1. The van der Waals surface area contributed by atoms with E-state index in [2.05, 4.69) is 18.3 Å². The van der Waals surface area contributed by atoms with Crippen molar-refractivity contribution in [2.45, 2.75) is 38.6 Å². The van der Waals surface area contributed by atoms with Crippen molar-refractivity contribution < 1.29 is 4.79 Å². The van der Waals surface area contributed by atoms with Crippen LogP contribution in [-0.4, -0.2) is 11.9 Å². The van der Waals surface area contributed by atoms with Crippen LogP contribution in [0.1, 0.15) is 36.8 Å². The number of nitrogens with one attached hydrogen (secondary N) is 1. The average molecular weight is 229 g/mol. The largest absolute Gasteiger partial charge is 0.350 e. The second-order valence-corrected chi connectivity index (χ2v) is 4.68. The molecule has 2 heteroatoms. The predicted octanol–water partition coefficient (Wildman–Crippen LogP) is 3.07. The van der Waals surface area contributed by atoms with Crippen LogP contribution in [0.4, 0.5) is 0 Å². The van der Waals surface area contributed by atoms with Gasteiger partial charge in [0, 0.05) is 12.1 Å². The standard InChI is InChI=1S/C15H19NO/c1-12-6-2-3-7-13(12)10-11-15(17)16-14-8-4-5-9-14/h2-3,6-7,10-11,14H,4-5,8-9H2,1H3,(H,16,17)/b11-10+. The number of amides is 1. The summed E-state index contributed by atoms with van der Waals surface area (Å²) >= 11 is 0. The Morgan fingerprint density at radius 2 is 2.00 bits per heavy atom. The van der Waals surface area contributed by atoms with Gasteiger partial charge in [-0.05, 0) is 37.0 Å². The number of hydrogen-bond donors (Lipinski definition) is 1. The summed E-state index contributed by atoms with van der Waals surface area (Å²) in [6.07, 6.45) is 8.27. The predicted molar refractivity (Wildman–Crippen MR) is 70.6 cm³/mol. The second kappa shape index (κ2) is 5.67. The first kappa shape index (κ1) is 11.9. The molecular formula is C15H19NO. The molecule has 0 spiro atoms. The van der Waals surface area contributed by atoms with E-state index in [1.165, 1.54) is 18.4 Å². The molecule has 1 amide bonds. The maximum atomic E-state index is 11.7. The summed E-state index contributed by atoms with van der Waals surface area (Å²) in [5, 5.41) is 3.04. The normalized spacial score (nSPS) is 16.5. The van der Waals surface area contributed by atoms with Crippen molar-refractivity contribution in [3.63, 3.8) is 0 Å². The lowest BCUT2D eigenvalue weighted by molar-refractivity contribution is -0.117. The van der Waals surface area contributed by atoms with Gasteiger partial charge < -0.3 is 5.32 Å². The fraction of sp³-hybridized carbons (Fsp3) is 0.400. The van der Waals surface area contributed by atoms with Crippen LogP contribution in [0.25, 0.3) is 6.08 Å². The third kappa shape index (κ3) is 3.45. The highest BCUT2D eigenvalue weighted by atomic mass is 16.1. The van der Waals surface area contributed by atoms with E-state index in [0.29, 0.717) is 6.04 Å². The van der Waals surface area contributed by atoms with Crippen LogP contribution in [0, 0.1) is 6.92 Å². The van der Waals surface area contributed by atoms with Crippen molar-refractivity contribution in [1.82, 2.24) is 5.32 Å². The molecule has 1 aliphatic carbocycles. The van der Waals surface area contributed by atoms with Crippen LogP contribution < -0.4 is 5.32 Å². The molecule has 0 radical (unpaired) electrons. The summed E-state index contributed by atoms with van der Waals surface area (Å²) in [7, 11) is 0. The van der Waals surface area contributed by atoms with Crippen molar-refractivity contribution in [3.05, 3.63) is 41.5 Å². The minimum absolute atomic E-state index is 0.0279. The highest BCUT2D eigenvalue weighted by Gasteiger charge is 2.15. The van der Waals surface area contributed by atoms with Gasteiger partial charge in [0.05, 0.1) is 0 Å². The van der Waals surface area contributed by atoms with E-state index >= 15 is 0 Å². The minimum Gasteiger partial charge on any atom is -0.350 e. The Morgan fingerprint density at radius 3 is 2.71 bits per heavy atom. The number of aryl methyl sites for hydroxylation is 1. The number of benzene rings is 1. The zero-order chi connectivity index (χ0) is 12.1. The van der Waals surface area contributed by atoms with E-state index in [4.69, 9.17) is 0 Å². The summed E-state index contributed by atoms with van der Waals surface area (Å²) in [4.78, 5) is 11.7. The van der Waals surface area contributed by atoms with Crippen LogP contribution in [0.3, 0.4) is 0 Å². The van der Waals surface area contributed by atoms with Gasteiger partial charge in [-0.3, -0.25) is 4.79 Å². The van der Waals surface area contributed by atoms with Crippen LogP contribution in [0.5, 0.6) is 0 Å². The lowest BCUT2D eigenvalue weighted by Crippen LogP contribution is -2.30. The molecule has 1 saturated carbocycles. The monoisotopic (exact) mass is 229 g/mol. The number of carbonyl (C=O) groups excluding carboxylic acids is 1. The van der Waals surface area contributed by atoms with Crippen molar-refractivity contribution >= 4 is 12.0 Å². The molecular weight excluding hydrogens is 210 g/mol. The average Bonchev–Trinajstić information content (AvgIpc) is 2.81. The van der Waals surface area contributed by atoms with Crippen molar-refractivity contribution in [1.29, 1.82) is 0 Å². The van der Waals surface area contributed by atoms with E-state index < -0.39 is 0 Å².